The van der Waals surface area contributed by atoms with Crippen molar-refractivity contribution in [2.24, 2.45) is 0 Å². The zero-order chi connectivity index (χ0) is 38.9. The molecule has 53 heavy (non-hydrogen) atoms. The van der Waals surface area contributed by atoms with E-state index in [0.717, 1.165) is 77.0 Å². The number of carbonyl (C=O) groups excluding carboxylic acids is 2. The van der Waals surface area contributed by atoms with E-state index in [0.29, 0.717) is 19.3 Å². The summed E-state index contributed by atoms with van der Waals surface area (Å²) in [5.41, 5.74) is 0. The molecule has 3 unspecified atom stereocenters. The van der Waals surface area contributed by atoms with E-state index in [1.807, 2.05) is 0 Å². The Morgan fingerprint density at radius 3 is 1.53 bits per heavy atom. The first-order valence-electron chi connectivity index (χ1n) is 22.7. The third kappa shape index (κ3) is 36.8. The highest BCUT2D eigenvalue weighted by molar-refractivity contribution is 5.77. The number of hydrogen-bond acceptors (Lipinski definition) is 5. The number of rotatable bonds is 40. The van der Waals surface area contributed by atoms with Crippen LogP contribution in [0.4, 0.5) is 0 Å². The molecule has 0 aromatic rings. The van der Waals surface area contributed by atoms with E-state index in [1.165, 1.54) is 103 Å². The van der Waals surface area contributed by atoms with Crippen LogP contribution in [0.2, 0.25) is 0 Å². The van der Waals surface area contributed by atoms with Crippen LogP contribution in [0, 0.1) is 0 Å². The highest BCUT2D eigenvalue weighted by Crippen LogP contribution is 2.18. The van der Waals surface area contributed by atoms with Gasteiger partial charge in [-0.25, -0.2) is 0 Å². The fourth-order valence-electron chi connectivity index (χ4n) is 6.84. The number of esters is 1. The minimum atomic E-state index is -0.785. The highest BCUT2D eigenvalue weighted by Gasteiger charge is 2.24. The fourth-order valence-corrected chi connectivity index (χ4v) is 6.84. The number of hydrogen-bond donors (Lipinski definition) is 3. The minimum Gasteiger partial charge on any atom is -0.462 e. The van der Waals surface area contributed by atoms with Crippen LogP contribution in [0.5, 0.6) is 0 Å². The number of carbonyl (C=O) groups is 2. The number of nitrogens with one attached hydrogen (secondary N) is 1. The smallest absolute Gasteiger partial charge is 0.306 e. The third-order valence-corrected chi connectivity index (χ3v) is 10.3. The summed E-state index contributed by atoms with van der Waals surface area (Å²) in [4.78, 5) is 25.9. The minimum absolute atomic E-state index is 0.0720. The van der Waals surface area contributed by atoms with Crippen LogP contribution < -0.4 is 5.32 Å². The normalized spacial score (nSPS) is 13.7. The maximum absolute atomic E-state index is 13.1. The molecule has 6 nitrogen and oxygen atoms in total. The average molecular weight is 746 g/mol. The van der Waals surface area contributed by atoms with Crippen LogP contribution in [0.25, 0.3) is 0 Å². The van der Waals surface area contributed by atoms with Gasteiger partial charge >= 0.3 is 5.97 Å². The highest BCUT2D eigenvalue weighted by atomic mass is 16.5. The Balaban J connectivity index is 4.61. The summed E-state index contributed by atoms with van der Waals surface area (Å²) in [6.45, 7) is 6.32. The van der Waals surface area contributed by atoms with Crippen molar-refractivity contribution in [3.8, 4) is 0 Å². The maximum atomic E-state index is 13.1. The van der Waals surface area contributed by atoms with Gasteiger partial charge in [-0.1, -0.05) is 205 Å². The zero-order valence-corrected chi connectivity index (χ0v) is 35.1. The monoisotopic (exact) mass is 746 g/mol. The zero-order valence-electron chi connectivity index (χ0n) is 35.1. The summed E-state index contributed by atoms with van der Waals surface area (Å²) in [6.07, 6.45) is 46.3. The van der Waals surface area contributed by atoms with Crippen LogP contribution in [-0.4, -0.2) is 46.9 Å². The lowest BCUT2D eigenvalue weighted by molar-refractivity contribution is -0.151. The maximum Gasteiger partial charge on any atom is 0.306 e. The molecular formula is C47H87NO5. The molecule has 6 heteroatoms. The van der Waals surface area contributed by atoms with Crippen molar-refractivity contribution < 1.29 is 24.5 Å². The molecule has 0 aliphatic rings. The lowest BCUT2D eigenvalue weighted by Crippen LogP contribution is -2.46. The molecule has 3 atom stereocenters. The summed E-state index contributed by atoms with van der Waals surface area (Å²) in [5, 5.41) is 23.6. The van der Waals surface area contributed by atoms with E-state index in [1.54, 1.807) is 0 Å². The molecule has 0 heterocycles. The summed E-state index contributed by atoms with van der Waals surface area (Å²) in [5.74, 6) is -0.494. The lowest BCUT2D eigenvalue weighted by Gasteiger charge is -2.24. The topological polar surface area (TPSA) is 95.9 Å². The molecule has 0 rings (SSSR count). The largest absolute Gasteiger partial charge is 0.462 e. The van der Waals surface area contributed by atoms with Crippen molar-refractivity contribution in [3.05, 3.63) is 36.5 Å². The van der Waals surface area contributed by atoms with Crippen LogP contribution in [0.3, 0.4) is 0 Å². The summed E-state index contributed by atoms with van der Waals surface area (Å²) in [6, 6.07) is -0.700. The predicted molar refractivity (Wildman–Crippen MR) is 227 cm³/mol. The number of ether oxygens (including phenoxy) is 1. The molecule has 0 aliphatic carbocycles. The van der Waals surface area contributed by atoms with E-state index in [2.05, 4.69) is 62.5 Å². The van der Waals surface area contributed by atoms with E-state index >= 15 is 0 Å². The van der Waals surface area contributed by atoms with Crippen LogP contribution in [0.1, 0.15) is 226 Å². The number of amides is 1. The van der Waals surface area contributed by atoms with Crippen molar-refractivity contribution in [2.45, 2.75) is 244 Å². The Morgan fingerprint density at radius 2 is 1.02 bits per heavy atom. The molecule has 3 N–H and O–H groups in total. The predicted octanol–water partition coefficient (Wildman–Crippen LogP) is 12.9. The van der Waals surface area contributed by atoms with Crippen LogP contribution in [0.15, 0.2) is 36.5 Å². The first-order valence-corrected chi connectivity index (χ1v) is 22.7. The number of unbranched alkanes of at least 4 members (excludes halogenated alkanes) is 24. The van der Waals surface area contributed by atoms with Gasteiger partial charge < -0.3 is 20.3 Å². The molecule has 0 saturated carbocycles. The quantitative estimate of drug-likeness (QED) is 0.0330. The van der Waals surface area contributed by atoms with Crippen molar-refractivity contribution >= 4 is 11.9 Å². The Hall–Kier alpha value is -1.92. The second kappa shape index (κ2) is 41.2. The number of allylic oxidation sites excluding steroid dienone is 6. The van der Waals surface area contributed by atoms with Gasteiger partial charge in [0.2, 0.25) is 5.91 Å². The average Bonchev–Trinajstić information content (AvgIpc) is 3.15. The SMILES string of the molecule is CC/C=C/C=C/C=C\CCCCCCCC(=O)OC(CCCCCCCCCCCCCC)CC(=O)NC(CO)C(O)CCCCCCCCCCC. The molecule has 0 aromatic carbocycles. The fraction of sp³-hybridized carbons (Fsp3) is 0.830. The molecule has 0 bridgehead atoms. The summed E-state index contributed by atoms with van der Waals surface area (Å²) >= 11 is 0. The van der Waals surface area contributed by atoms with Gasteiger partial charge in [-0.05, 0) is 44.9 Å². The van der Waals surface area contributed by atoms with Gasteiger partial charge in [0.1, 0.15) is 6.10 Å². The Kier molecular flexibility index (Phi) is 39.8. The first-order chi connectivity index (χ1) is 26.0. The molecular weight excluding hydrogens is 659 g/mol. The standard InChI is InChI=1S/C47H87NO5/c1-4-7-10-13-16-19-21-23-25-28-31-34-37-40-47(52)53-43(38-35-32-29-27-24-22-20-17-14-11-8-5-2)41-46(51)48-44(42-49)45(50)39-36-33-30-26-18-15-12-9-6-3/h7,10,13,16,19,21,43-45,49-50H,4-6,8-9,11-12,14-15,17-18,20,22-42H2,1-3H3,(H,48,51)/b10-7+,16-13+,21-19-. The first kappa shape index (κ1) is 51.1. The van der Waals surface area contributed by atoms with Gasteiger partial charge in [-0.3, -0.25) is 9.59 Å². The van der Waals surface area contributed by atoms with E-state index < -0.39 is 18.2 Å². The van der Waals surface area contributed by atoms with Gasteiger partial charge in [-0.15, -0.1) is 0 Å². The van der Waals surface area contributed by atoms with Gasteiger partial charge in [0, 0.05) is 6.42 Å². The van der Waals surface area contributed by atoms with Crippen molar-refractivity contribution in [1.82, 2.24) is 5.32 Å². The Morgan fingerprint density at radius 1 is 0.566 bits per heavy atom. The molecule has 0 aromatic heterocycles. The van der Waals surface area contributed by atoms with Crippen molar-refractivity contribution in [1.29, 1.82) is 0 Å². The van der Waals surface area contributed by atoms with Crippen molar-refractivity contribution in [2.75, 3.05) is 6.61 Å². The Labute approximate surface area is 328 Å². The molecule has 0 spiro atoms. The molecule has 0 saturated heterocycles. The molecule has 0 radical (unpaired) electrons. The van der Waals surface area contributed by atoms with Gasteiger partial charge in [0.25, 0.3) is 0 Å². The second-order valence-electron chi connectivity index (χ2n) is 15.5. The summed E-state index contributed by atoms with van der Waals surface area (Å²) in [7, 11) is 0. The van der Waals surface area contributed by atoms with Crippen LogP contribution >= 0.6 is 0 Å². The van der Waals surface area contributed by atoms with E-state index in [4.69, 9.17) is 4.74 Å². The lowest BCUT2D eigenvalue weighted by atomic mass is 10.0. The number of aliphatic hydroxyl groups excluding tert-OH is 2. The summed E-state index contributed by atoms with van der Waals surface area (Å²) < 4.78 is 5.89. The molecule has 0 aliphatic heterocycles. The molecule has 0 fully saturated rings. The Bertz CT molecular complexity index is 884. The number of aliphatic hydroxyl groups is 2. The third-order valence-electron chi connectivity index (χ3n) is 10.3. The van der Waals surface area contributed by atoms with Gasteiger partial charge in [0.05, 0.1) is 25.2 Å². The van der Waals surface area contributed by atoms with Gasteiger partial charge in [-0.2, -0.15) is 0 Å². The van der Waals surface area contributed by atoms with E-state index in [-0.39, 0.29) is 24.9 Å². The molecule has 310 valence electrons. The van der Waals surface area contributed by atoms with Crippen molar-refractivity contribution in [3.63, 3.8) is 0 Å². The van der Waals surface area contributed by atoms with Gasteiger partial charge in [0.15, 0.2) is 0 Å². The van der Waals surface area contributed by atoms with E-state index in [9.17, 15) is 19.8 Å². The molecule has 1 amide bonds. The second-order valence-corrected chi connectivity index (χ2v) is 15.5. The van der Waals surface area contributed by atoms with Crippen LogP contribution in [-0.2, 0) is 14.3 Å².